The highest BCUT2D eigenvalue weighted by Gasteiger charge is 2.28. The van der Waals surface area contributed by atoms with Crippen LogP contribution in [0.4, 0.5) is 0 Å². The first kappa shape index (κ1) is 28.6. The van der Waals surface area contributed by atoms with Gasteiger partial charge in [0.2, 0.25) is 0 Å². The molecule has 8 heteroatoms. The number of amides is 1. The van der Waals surface area contributed by atoms with Gasteiger partial charge in [0.25, 0.3) is 5.91 Å². The maximum absolute atomic E-state index is 13.2. The lowest BCUT2D eigenvalue weighted by Crippen LogP contribution is -2.44. The van der Waals surface area contributed by atoms with Crippen molar-refractivity contribution in [3.8, 4) is 5.75 Å². The molecule has 0 unspecified atom stereocenters. The molecule has 3 aromatic rings. The van der Waals surface area contributed by atoms with Crippen LogP contribution in [0.25, 0.3) is 0 Å². The van der Waals surface area contributed by atoms with Gasteiger partial charge in [0, 0.05) is 32.8 Å². The highest BCUT2D eigenvalue weighted by Crippen LogP contribution is 2.28. The van der Waals surface area contributed by atoms with E-state index in [1.807, 2.05) is 55.5 Å². The summed E-state index contributed by atoms with van der Waals surface area (Å²) in [4.78, 5) is 26.3. The summed E-state index contributed by atoms with van der Waals surface area (Å²) in [6.07, 6.45) is 5.68. The molecular weight excluding hydrogens is 553 g/mol. The third-order valence-corrected chi connectivity index (χ3v) is 7.58. The van der Waals surface area contributed by atoms with Gasteiger partial charge in [-0.05, 0) is 48.4 Å². The number of allylic oxidation sites excluding steroid dienone is 3. The molecule has 0 saturated carbocycles. The summed E-state index contributed by atoms with van der Waals surface area (Å²) in [6.45, 7) is 2.23. The predicted molar refractivity (Wildman–Crippen MR) is 159 cm³/mol. The van der Waals surface area contributed by atoms with Crippen LogP contribution in [0.2, 0.25) is 10.0 Å². The van der Waals surface area contributed by atoms with Gasteiger partial charge in [-0.3, -0.25) is 4.79 Å². The molecule has 0 spiro atoms. The SMILES string of the molecule is COC(=O)[C@H](Cc1ccc(OCc2c(Cl)cccc2Cl)cc1)NC(=O)C1=CC=C[C@@H](c2ccc(C)cc2)C1=S. The number of methoxy groups -OCH3 is 1. The van der Waals surface area contributed by atoms with Crippen molar-refractivity contribution in [2.24, 2.45) is 0 Å². The number of benzene rings is 3. The zero-order valence-corrected chi connectivity index (χ0v) is 23.8. The summed E-state index contributed by atoms with van der Waals surface area (Å²) < 4.78 is 10.8. The number of nitrogens with one attached hydrogen (secondary N) is 1. The van der Waals surface area contributed by atoms with E-state index in [-0.39, 0.29) is 18.9 Å². The van der Waals surface area contributed by atoms with Gasteiger partial charge >= 0.3 is 5.97 Å². The van der Waals surface area contributed by atoms with E-state index >= 15 is 0 Å². The Morgan fingerprint density at radius 1 is 1.00 bits per heavy atom. The Balaban J connectivity index is 1.41. The molecule has 0 radical (unpaired) electrons. The molecule has 2 atom stereocenters. The largest absolute Gasteiger partial charge is 0.489 e. The molecule has 1 aliphatic carbocycles. The Hall–Kier alpha value is -3.45. The number of hydrogen-bond acceptors (Lipinski definition) is 5. The van der Waals surface area contributed by atoms with Crippen molar-refractivity contribution in [3.05, 3.63) is 123 Å². The quantitative estimate of drug-likeness (QED) is 0.225. The standard InChI is InChI=1S/C31H27Cl2NO4S/c1-19-9-13-21(14-10-19)23-5-3-6-24(29(23)39)30(35)34-28(31(36)37-2)17-20-11-15-22(16-12-20)38-18-25-26(32)7-4-8-27(25)33/h3-16,23,28H,17-18H2,1-2H3,(H,34,35)/t23-,28-/m0/s1. The average Bonchev–Trinajstić information content (AvgIpc) is 2.93. The molecule has 0 saturated heterocycles. The highest BCUT2D eigenvalue weighted by atomic mass is 35.5. The molecule has 3 aromatic carbocycles. The minimum absolute atomic E-state index is 0.198. The van der Waals surface area contributed by atoms with E-state index in [9.17, 15) is 9.59 Å². The van der Waals surface area contributed by atoms with Crippen molar-refractivity contribution in [1.29, 1.82) is 0 Å². The first-order valence-corrected chi connectivity index (χ1v) is 13.5. The van der Waals surface area contributed by atoms with E-state index in [4.69, 9.17) is 44.9 Å². The predicted octanol–water partition coefficient (Wildman–Crippen LogP) is 6.73. The second kappa shape index (κ2) is 13.1. The van der Waals surface area contributed by atoms with Gasteiger partial charge in [0.1, 0.15) is 18.4 Å². The van der Waals surface area contributed by atoms with Crippen LogP contribution in [-0.2, 0) is 27.4 Å². The second-order valence-corrected chi connectivity index (χ2v) is 10.4. The number of esters is 1. The number of hydrogen-bond donors (Lipinski definition) is 1. The first-order chi connectivity index (χ1) is 18.8. The summed E-state index contributed by atoms with van der Waals surface area (Å²) in [5.74, 6) is -0.561. The van der Waals surface area contributed by atoms with Gasteiger partial charge in [-0.2, -0.15) is 0 Å². The number of ether oxygens (including phenoxy) is 2. The van der Waals surface area contributed by atoms with Gasteiger partial charge in [-0.15, -0.1) is 0 Å². The van der Waals surface area contributed by atoms with Gasteiger partial charge in [0.15, 0.2) is 0 Å². The molecule has 1 N–H and O–H groups in total. The number of aryl methyl sites for hydroxylation is 1. The van der Waals surface area contributed by atoms with Crippen LogP contribution in [0, 0.1) is 6.92 Å². The van der Waals surface area contributed by atoms with Crippen molar-refractivity contribution >= 4 is 52.2 Å². The van der Waals surface area contributed by atoms with E-state index in [1.165, 1.54) is 7.11 Å². The van der Waals surface area contributed by atoms with Crippen molar-refractivity contribution in [3.63, 3.8) is 0 Å². The maximum atomic E-state index is 13.2. The van der Waals surface area contributed by atoms with Crippen molar-refractivity contribution in [2.45, 2.75) is 31.9 Å². The van der Waals surface area contributed by atoms with Crippen LogP contribution in [0.5, 0.6) is 5.75 Å². The van der Waals surface area contributed by atoms with Crippen molar-refractivity contribution in [2.75, 3.05) is 7.11 Å². The van der Waals surface area contributed by atoms with E-state index in [0.29, 0.717) is 31.8 Å². The Bertz CT molecular complexity index is 1410. The van der Waals surface area contributed by atoms with Crippen LogP contribution < -0.4 is 10.1 Å². The van der Waals surface area contributed by atoms with Crippen LogP contribution in [-0.4, -0.2) is 29.9 Å². The number of halogens is 2. The lowest BCUT2D eigenvalue weighted by molar-refractivity contribution is -0.144. The number of carbonyl (C=O) groups excluding carboxylic acids is 2. The highest BCUT2D eigenvalue weighted by molar-refractivity contribution is 7.81. The van der Waals surface area contributed by atoms with Crippen LogP contribution in [0.3, 0.4) is 0 Å². The van der Waals surface area contributed by atoms with Crippen LogP contribution >= 0.6 is 35.4 Å². The van der Waals surface area contributed by atoms with Crippen LogP contribution in [0.15, 0.2) is 90.5 Å². The molecule has 0 bridgehead atoms. The van der Waals surface area contributed by atoms with Gasteiger partial charge < -0.3 is 14.8 Å². The molecule has 0 aromatic heterocycles. The molecule has 1 aliphatic rings. The summed E-state index contributed by atoms with van der Waals surface area (Å²) in [6, 6.07) is 19.6. The molecule has 0 fully saturated rings. The Morgan fingerprint density at radius 3 is 2.31 bits per heavy atom. The van der Waals surface area contributed by atoms with Crippen LogP contribution in [0.1, 0.15) is 28.2 Å². The fraction of sp³-hybridized carbons (Fsp3) is 0.194. The van der Waals surface area contributed by atoms with E-state index in [2.05, 4.69) is 5.32 Å². The average molecular weight is 581 g/mol. The van der Waals surface area contributed by atoms with Crippen molar-refractivity contribution in [1.82, 2.24) is 5.32 Å². The maximum Gasteiger partial charge on any atom is 0.328 e. The van der Waals surface area contributed by atoms with E-state index in [0.717, 1.165) is 16.7 Å². The summed E-state index contributed by atoms with van der Waals surface area (Å²) in [5.41, 5.74) is 4.01. The summed E-state index contributed by atoms with van der Waals surface area (Å²) in [5, 5.41) is 3.87. The monoisotopic (exact) mass is 579 g/mol. The van der Waals surface area contributed by atoms with E-state index < -0.39 is 17.9 Å². The first-order valence-electron chi connectivity index (χ1n) is 12.3. The van der Waals surface area contributed by atoms with E-state index in [1.54, 1.807) is 36.4 Å². The van der Waals surface area contributed by atoms with Crippen molar-refractivity contribution < 1.29 is 19.1 Å². The smallest absolute Gasteiger partial charge is 0.328 e. The fourth-order valence-corrected chi connectivity index (χ4v) is 5.06. The molecule has 4 rings (SSSR count). The molecule has 1 amide bonds. The summed E-state index contributed by atoms with van der Waals surface area (Å²) >= 11 is 18.1. The minimum Gasteiger partial charge on any atom is -0.489 e. The number of thiocarbonyl (C=S) groups is 1. The third kappa shape index (κ3) is 7.15. The molecule has 0 heterocycles. The Morgan fingerprint density at radius 2 is 1.67 bits per heavy atom. The fourth-order valence-electron chi connectivity index (χ4n) is 4.18. The molecule has 0 aliphatic heterocycles. The summed E-state index contributed by atoms with van der Waals surface area (Å²) in [7, 11) is 1.29. The lowest BCUT2D eigenvalue weighted by Gasteiger charge is -2.22. The molecular formula is C31H27Cl2NO4S. The Kier molecular flexibility index (Phi) is 9.57. The van der Waals surface area contributed by atoms with Gasteiger partial charge in [-0.1, -0.05) is 95.6 Å². The number of rotatable bonds is 9. The topological polar surface area (TPSA) is 64.6 Å². The van der Waals surface area contributed by atoms with Gasteiger partial charge in [0.05, 0.1) is 12.7 Å². The third-order valence-electron chi connectivity index (χ3n) is 6.39. The Labute approximate surface area is 243 Å². The lowest BCUT2D eigenvalue weighted by atomic mass is 9.87. The second-order valence-electron chi connectivity index (χ2n) is 9.10. The molecule has 200 valence electrons. The normalized spacial score (nSPS) is 15.3. The minimum atomic E-state index is -0.899. The molecule has 5 nitrogen and oxygen atoms in total. The zero-order valence-electron chi connectivity index (χ0n) is 21.4. The number of carbonyl (C=O) groups is 2. The van der Waals surface area contributed by atoms with Gasteiger partial charge in [-0.25, -0.2) is 4.79 Å². The molecule has 39 heavy (non-hydrogen) atoms. The zero-order chi connectivity index (χ0) is 27.9.